The molecule has 0 saturated carbocycles. The van der Waals surface area contributed by atoms with Gasteiger partial charge >= 0.3 is 6.03 Å². The second-order valence-electron chi connectivity index (χ2n) is 5.92. The van der Waals surface area contributed by atoms with Gasteiger partial charge in [0.2, 0.25) is 11.8 Å². The van der Waals surface area contributed by atoms with Crippen LogP contribution in [0.5, 0.6) is 5.75 Å². The Morgan fingerprint density at radius 3 is 2.00 bits per heavy atom. The molecule has 1 fully saturated rings. The Morgan fingerprint density at radius 1 is 0.889 bits per heavy atom. The van der Waals surface area contributed by atoms with Gasteiger partial charge in [-0.05, 0) is 41.8 Å². The molecule has 3 rings (SSSR count). The van der Waals surface area contributed by atoms with E-state index >= 15 is 0 Å². The minimum atomic E-state index is -0.963. The van der Waals surface area contributed by atoms with Crippen LogP contribution in [0.1, 0.15) is 11.1 Å². The number of benzene rings is 2. The van der Waals surface area contributed by atoms with Crippen LogP contribution < -0.4 is 15.4 Å². The lowest BCUT2D eigenvalue weighted by molar-refractivity contribution is -0.384. The minimum absolute atomic E-state index is 0.0144. The van der Waals surface area contributed by atoms with E-state index in [1.165, 1.54) is 12.1 Å². The molecule has 0 unspecified atom stereocenters. The van der Waals surface area contributed by atoms with Crippen LogP contribution in [0.25, 0.3) is 0 Å². The zero-order valence-corrected chi connectivity index (χ0v) is 14.0. The Morgan fingerprint density at radius 2 is 1.44 bits per heavy atom. The summed E-state index contributed by atoms with van der Waals surface area (Å²) in [5, 5.41) is 14.8. The monoisotopic (exact) mass is 369 g/mol. The van der Waals surface area contributed by atoms with E-state index in [1.54, 1.807) is 36.4 Å². The van der Waals surface area contributed by atoms with Gasteiger partial charge in [0.25, 0.3) is 5.69 Å². The molecule has 0 atom stereocenters. The van der Waals surface area contributed by atoms with E-state index in [0.29, 0.717) is 5.75 Å². The lowest BCUT2D eigenvalue weighted by Crippen LogP contribution is -2.56. The van der Waals surface area contributed by atoms with Crippen molar-refractivity contribution in [2.75, 3.05) is 0 Å². The van der Waals surface area contributed by atoms with E-state index in [9.17, 15) is 24.5 Å². The number of hydrogen-bond acceptors (Lipinski definition) is 6. The smallest absolute Gasteiger partial charge is 0.328 e. The van der Waals surface area contributed by atoms with Gasteiger partial charge in [0.05, 0.1) is 4.92 Å². The number of urea groups is 1. The predicted octanol–water partition coefficient (Wildman–Crippen LogP) is 1.70. The van der Waals surface area contributed by atoms with Crippen molar-refractivity contribution < 1.29 is 24.0 Å². The highest BCUT2D eigenvalue weighted by atomic mass is 16.6. The van der Waals surface area contributed by atoms with Gasteiger partial charge in [-0.1, -0.05) is 12.1 Å². The van der Waals surface area contributed by atoms with Crippen molar-refractivity contribution in [1.29, 1.82) is 0 Å². The largest absolute Gasteiger partial charge is 0.489 e. The minimum Gasteiger partial charge on any atom is -0.489 e. The number of amides is 4. The van der Waals surface area contributed by atoms with E-state index < -0.39 is 28.7 Å². The third-order valence-corrected chi connectivity index (χ3v) is 4.02. The molecular weight excluding hydrogens is 354 g/mol. The zero-order chi connectivity index (χ0) is 19.4. The molecule has 4 amide bonds. The molecule has 27 heavy (non-hydrogen) atoms. The van der Waals surface area contributed by atoms with Crippen LogP contribution in [-0.2, 0) is 22.6 Å². The average Bonchev–Trinajstić information content (AvgIpc) is 2.64. The maximum Gasteiger partial charge on any atom is 0.328 e. The van der Waals surface area contributed by atoms with Crippen LogP contribution in [0.2, 0.25) is 0 Å². The van der Waals surface area contributed by atoms with Crippen molar-refractivity contribution in [3.8, 4) is 5.75 Å². The van der Waals surface area contributed by atoms with E-state index in [4.69, 9.17) is 4.74 Å². The first kappa shape index (κ1) is 18.1. The van der Waals surface area contributed by atoms with Gasteiger partial charge in [-0.3, -0.25) is 30.3 Å². The Labute approximate surface area is 153 Å². The summed E-state index contributed by atoms with van der Waals surface area (Å²) < 4.78 is 5.62. The van der Waals surface area contributed by atoms with Crippen LogP contribution in [0, 0.1) is 16.0 Å². The fourth-order valence-corrected chi connectivity index (χ4v) is 2.57. The Balaban J connectivity index is 1.57. The van der Waals surface area contributed by atoms with E-state index in [1.807, 2.05) is 0 Å². The summed E-state index contributed by atoms with van der Waals surface area (Å²) in [6, 6.07) is 12.1. The SMILES string of the molecule is O=C1NC(=O)C(Cc2ccc(OCc3ccc([N+](=O)[O-])cc3)cc2)C(=O)N1. The molecule has 1 aliphatic rings. The van der Waals surface area contributed by atoms with Gasteiger partial charge in [-0.15, -0.1) is 0 Å². The summed E-state index contributed by atoms with van der Waals surface area (Å²) in [5.74, 6) is -1.64. The quantitative estimate of drug-likeness (QED) is 0.453. The summed E-state index contributed by atoms with van der Waals surface area (Å²) in [6.07, 6.45) is 0.160. The number of nitrogens with zero attached hydrogens (tertiary/aromatic N) is 1. The summed E-state index contributed by atoms with van der Waals surface area (Å²) in [7, 11) is 0. The number of carbonyl (C=O) groups is 3. The lowest BCUT2D eigenvalue weighted by atomic mass is 9.96. The third-order valence-electron chi connectivity index (χ3n) is 4.02. The number of imide groups is 2. The molecule has 9 nitrogen and oxygen atoms in total. The molecule has 2 aromatic carbocycles. The predicted molar refractivity (Wildman–Crippen MR) is 92.7 cm³/mol. The van der Waals surface area contributed by atoms with Crippen molar-refractivity contribution in [1.82, 2.24) is 10.6 Å². The van der Waals surface area contributed by atoms with Crippen LogP contribution in [0.3, 0.4) is 0 Å². The topological polar surface area (TPSA) is 128 Å². The maximum absolute atomic E-state index is 11.8. The summed E-state index contributed by atoms with van der Waals surface area (Å²) in [5.41, 5.74) is 1.54. The van der Waals surface area contributed by atoms with Crippen molar-refractivity contribution in [2.24, 2.45) is 5.92 Å². The number of non-ortho nitro benzene ring substituents is 1. The first-order chi connectivity index (χ1) is 12.9. The van der Waals surface area contributed by atoms with Crippen LogP contribution in [-0.4, -0.2) is 22.8 Å². The standard InChI is InChI=1S/C18H15N3O6/c22-16-15(17(23)20-18(24)19-16)9-11-3-7-14(8-4-11)27-10-12-1-5-13(6-2-12)21(25)26/h1-8,15H,9-10H2,(H2,19,20,22,23,24). The lowest BCUT2D eigenvalue weighted by Gasteiger charge is -2.20. The molecule has 0 radical (unpaired) electrons. The second-order valence-corrected chi connectivity index (χ2v) is 5.92. The van der Waals surface area contributed by atoms with Crippen LogP contribution in [0.4, 0.5) is 10.5 Å². The number of hydrogen-bond donors (Lipinski definition) is 2. The molecule has 0 spiro atoms. The van der Waals surface area contributed by atoms with E-state index in [0.717, 1.165) is 11.1 Å². The van der Waals surface area contributed by atoms with Crippen molar-refractivity contribution in [3.05, 3.63) is 69.8 Å². The third kappa shape index (κ3) is 4.46. The molecule has 0 aromatic heterocycles. The molecule has 2 N–H and O–H groups in total. The zero-order valence-electron chi connectivity index (χ0n) is 14.0. The maximum atomic E-state index is 11.8. The fourth-order valence-electron chi connectivity index (χ4n) is 2.57. The van der Waals surface area contributed by atoms with Gasteiger partial charge in [0.15, 0.2) is 0 Å². The number of nitrogens with one attached hydrogen (secondary N) is 2. The molecule has 138 valence electrons. The first-order valence-electron chi connectivity index (χ1n) is 8.03. The average molecular weight is 369 g/mol. The van der Waals surface area contributed by atoms with Crippen molar-refractivity contribution >= 4 is 23.5 Å². The Bertz CT molecular complexity index is 872. The van der Waals surface area contributed by atoms with Crippen molar-refractivity contribution in [3.63, 3.8) is 0 Å². The van der Waals surface area contributed by atoms with Gasteiger partial charge in [0.1, 0.15) is 18.3 Å². The highest BCUT2D eigenvalue weighted by molar-refractivity contribution is 6.16. The summed E-state index contributed by atoms with van der Waals surface area (Å²) in [6.45, 7) is 0.243. The Hall–Kier alpha value is -3.75. The number of nitro benzene ring substituents is 1. The van der Waals surface area contributed by atoms with Gasteiger partial charge < -0.3 is 4.74 Å². The molecule has 1 heterocycles. The number of ether oxygens (including phenoxy) is 1. The Kier molecular flexibility index (Phi) is 5.11. The van der Waals surface area contributed by atoms with Crippen LogP contribution in [0.15, 0.2) is 48.5 Å². The number of barbiturate groups is 1. The highest BCUT2D eigenvalue weighted by Gasteiger charge is 2.33. The van der Waals surface area contributed by atoms with Gasteiger partial charge in [-0.25, -0.2) is 4.79 Å². The molecule has 0 aliphatic carbocycles. The summed E-state index contributed by atoms with van der Waals surface area (Å²) in [4.78, 5) is 44.7. The molecule has 2 aromatic rings. The molecule has 1 aliphatic heterocycles. The molecule has 0 bridgehead atoms. The van der Waals surface area contributed by atoms with E-state index in [2.05, 4.69) is 10.6 Å². The normalized spacial score (nSPS) is 14.4. The number of rotatable bonds is 6. The highest BCUT2D eigenvalue weighted by Crippen LogP contribution is 2.18. The fraction of sp³-hybridized carbons (Fsp3) is 0.167. The van der Waals surface area contributed by atoms with Gasteiger partial charge in [-0.2, -0.15) is 0 Å². The molecular formula is C18H15N3O6. The van der Waals surface area contributed by atoms with E-state index in [-0.39, 0.29) is 18.7 Å². The van der Waals surface area contributed by atoms with Gasteiger partial charge in [0, 0.05) is 12.1 Å². The number of carbonyl (C=O) groups excluding carboxylic acids is 3. The molecule has 1 saturated heterocycles. The van der Waals surface area contributed by atoms with Crippen LogP contribution >= 0.6 is 0 Å². The first-order valence-corrected chi connectivity index (χ1v) is 8.03. The summed E-state index contributed by atoms with van der Waals surface area (Å²) >= 11 is 0. The second kappa shape index (κ2) is 7.65. The van der Waals surface area contributed by atoms with Crippen molar-refractivity contribution in [2.45, 2.75) is 13.0 Å². The number of nitro groups is 1. The molecule has 9 heteroatoms.